The molecule has 2 atom stereocenters. The minimum Gasteiger partial charge on any atom is -0.303 e. The summed E-state index contributed by atoms with van der Waals surface area (Å²) in [5.41, 5.74) is 0. The molecule has 0 fully saturated rings. The van der Waals surface area contributed by atoms with Crippen molar-refractivity contribution in [2.45, 2.75) is 52.9 Å². The van der Waals surface area contributed by atoms with Gasteiger partial charge in [0.1, 0.15) is 6.29 Å². The highest BCUT2D eigenvalue weighted by Crippen LogP contribution is 2.16. The Labute approximate surface area is 76.6 Å². The summed E-state index contributed by atoms with van der Waals surface area (Å²) in [4.78, 5) is 10.3. The van der Waals surface area contributed by atoms with E-state index in [1.165, 1.54) is 25.7 Å². The third-order valence-corrected chi connectivity index (χ3v) is 2.40. The predicted octanol–water partition coefficient (Wildman–Crippen LogP) is 3.43. The molecule has 1 nitrogen and oxygen atoms in total. The number of carbonyl (C=O) groups is 1. The van der Waals surface area contributed by atoms with Crippen molar-refractivity contribution < 1.29 is 4.79 Å². The molecule has 2 unspecified atom stereocenters. The van der Waals surface area contributed by atoms with Crippen LogP contribution in [0.15, 0.2) is 0 Å². The van der Waals surface area contributed by atoms with E-state index in [0.717, 1.165) is 18.6 Å². The molecule has 0 N–H and O–H groups in total. The molecule has 0 saturated heterocycles. The smallest absolute Gasteiger partial charge is 0.122 e. The van der Waals surface area contributed by atoms with Crippen molar-refractivity contribution in [1.29, 1.82) is 0 Å². The van der Waals surface area contributed by atoms with Crippen molar-refractivity contribution in [1.82, 2.24) is 0 Å². The molecular weight excluding hydrogens is 148 g/mol. The lowest BCUT2D eigenvalue weighted by molar-refractivity contribution is -0.110. The van der Waals surface area contributed by atoms with Gasteiger partial charge in [0.25, 0.3) is 0 Å². The van der Waals surface area contributed by atoms with Crippen LogP contribution in [0.3, 0.4) is 0 Å². The number of rotatable bonds is 7. The molecule has 12 heavy (non-hydrogen) atoms. The molecule has 0 aliphatic heterocycles. The second kappa shape index (κ2) is 7.33. The fraction of sp³-hybridized carbons (Fsp3) is 0.909. The van der Waals surface area contributed by atoms with Crippen molar-refractivity contribution in [3.63, 3.8) is 0 Å². The number of aldehydes is 1. The van der Waals surface area contributed by atoms with E-state index in [1.807, 2.05) is 6.92 Å². The average Bonchev–Trinajstić information content (AvgIpc) is 2.10. The molecule has 0 aromatic carbocycles. The van der Waals surface area contributed by atoms with Crippen LogP contribution in [0.4, 0.5) is 0 Å². The van der Waals surface area contributed by atoms with Crippen LogP contribution in [0, 0.1) is 11.8 Å². The van der Waals surface area contributed by atoms with Gasteiger partial charge < -0.3 is 4.79 Å². The first kappa shape index (κ1) is 11.7. The Bertz CT molecular complexity index is 110. The van der Waals surface area contributed by atoms with E-state index < -0.39 is 0 Å². The van der Waals surface area contributed by atoms with E-state index in [9.17, 15) is 4.79 Å². The van der Waals surface area contributed by atoms with Crippen LogP contribution in [-0.2, 0) is 4.79 Å². The maximum absolute atomic E-state index is 10.3. The Hall–Kier alpha value is -0.330. The number of carbonyl (C=O) groups excluding carboxylic acids is 1. The largest absolute Gasteiger partial charge is 0.303 e. The summed E-state index contributed by atoms with van der Waals surface area (Å²) in [6.45, 7) is 6.51. The topological polar surface area (TPSA) is 17.1 Å². The van der Waals surface area contributed by atoms with Crippen molar-refractivity contribution >= 4 is 6.29 Å². The van der Waals surface area contributed by atoms with Crippen molar-refractivity contribution in [2.75, 3.05) is 0 Å². The molecule has 0 aromatic rings. The zero-order valence-electron chi connectivity index (χ0n) is 8.68. The molecule has 0 radical (unpaired) electrons. The van der Waals surface area contributed by atoms with Crippen LogP contribution >= 0.6 is 0 Å². The summed E-state index contributed by atoms with van der Waals surface area (Å²) in [6.07, 6.45) is 7.27. The van der Waals surface area contributed by atoms with Gasteiger partial charge >= 0.3 is 0 Å². The van der Waals surface area contributed by atoms with Gasteiger partial charge in [-0.2, -0.15) is 0 Å². The summed E-state index contributed by atoms with van der Waals surface area (Å²) in [5, 5.41) is 0. The van der Waals surface area contributed by atoms with E-state index in [-0.39, 0.29) is 5.92 Å². The summed E-state index contributed by atoms with van der Waals surface area (Å²) >= 11 is 0. The molecule has 0 spiro atoms. The van der Waals surface area contributed by atoms with E-state index in [0.29, 0.717) is 0 Å². The van der Waals surface area contributed by atoms with Crippen LogP contribution in [0.1, 0.15) is 52.9 Å². The minimum atomic E-state index is 0.258. The molecule has 0 amide bonds. The lowest BCUT2D eigenvalue weighted by Gasteiger charge is -2.11. The molecule has 0 aliphatic carbocycles. The number of unbranched alkanes of at least 4 members (excludes halogenated alkanes) is 1. The van der Waals surface area contributed by atoms with Gasteiger partial charge in [-0.05, 0) is 12.3 Å². The zero-order valence-corrected chi connectivity index (χ0v) is 8.68. The Morgan fingerprint density at radius 3 is 2.33 bits per heavy atom. The van der Waals surface area contributed by atoms with Crippen molar-refractivity contribution in [2.24, 2.45) is 11.8 Å². The van der Waals surface area contributed by atoms with Gasteiger partial charge in [0.2, 0.25) is 0 Å². The van der Waals surface area contributed by atoms with Gasteiger partial charge in [0.05, 0.1) is 0 Å². The highest BCUT2D eigenvalue weighted by atomic mass is 16.1. The van der Waals surface area contributed by atoms with Crippen LogP contribution < -0.4 is 0 Å². The van der Waals surface area contributed by atoms with Gasteiger partial charge in [-0.1, -0.05) is 46.5 Å². The molecule has 0 saturated carbocycles. The summed E-state index contributed by atoms with van der Waals surface area (Å²) < 4.78 is 0. The van der Waals surface area contributed by atoms with Gasteiger partial charge in [-0.3, -0.25) is 0 Å². The van der Waals surface area contributed by atoms with E-state index in [1.54, 1.807) is 0 Å². The highest BCUT2D eigenvalue weighted by molar-refractivity contribution is 5.52. The highest BCUT2D eigenvalue weighted by Gasteiger charge is 2.04. The first-order valence-corrected chi connectivity index (χ1v) is 5.16. The standard InChI is InChI=1S/C11H22O/c1-4-5-6-10(2)7-8-11(3)9-12/h9-11H,4-8H2,1-3H3. The third kappa shape index (κ3) is 6.38. The number of hydrogen-bond acceptors (Lipinski definition) is 1. The maximum atomic E-state index is 10.3. The predicted molar refractivity (Wildman–Crippen MR) is 53.2 cm³/mol. The summed E-state index contributed by atoms with van der Waals surface area (Å²) in [7, 11) is 0. The van der Waals surface area contributed by atoms with Crippen LogP contribution in [0.5, 0.6) is 0 Å². The van der Waals surface area contributed by atoms with Crippen molar-refractivity contribution in [3.8, 4) is 0 Å². The summed E-state index contributed by atoms with van der Waals surface area (Å²) in [6, 6.07) is 0. The fourth-order valence-corrected chi connectivity index (χ4v) is 1.31. The first-order chi connectivity index (χ1) is 5.70. The fourth-order valence-electron chi connectivity index (χ4n) is 1.31. The molecular formula is C11H22O. The van der Waals surface area contributed by atoms with Crippen LogP contribution in [0.2, 0.25) is 0 Å². The van der Waals surface area contributed by atoms with Crippen molar-refractivity contribution in [3.05, 3.63) is 0 Å². The van der Waals surface area contributed by atoms with Gasteiger partial charge in [-0.25, -0.2) is 0 Å². The summed E-state index contributed by atoms with van der Waals surface area (Å²) in [5.74, 6) is 1.06. The molecule has 0 bridgehead atoms. The third-order valence-electron chi connectivity index (χ3n) is 2.40. The lowest BCUT2D eigenvalue weighted by Crippen LogP contribution is -2.01. The SMILES string of the molecule is CCCCC(C)CCC(C)C=O. The normalized spacial score (nSPS) is 15.6. The first-order valence-electron chi connectivity index (χ1n) is 5.16. The number of hydrogen-bond donors (Lipinski definition) is 0. The Morgan fingerprint density at radius 2 is 1.83 bits per heavy atom. The Morgan fingerprint density at radius 1 is 1.17 bits per heavy atom. The second-order valence-electron chi connectivity index (χ2n) is 3.94. The molecule has 0 rings (SSSR count). The minimum absolute atomic E-state index is 0.258. The van der Waals surface area contributed by atoms with Gasteiger partial charge in [0.15, 0.2) is 0 Å². The Balaban J connectivity index is 3.29. The maximum Gasteiger partial charge on any atom is 0.122 e. The van der Waals surface area contributed by atoms with Gasteiger partial charge in [-0.15, -0.1) is 0 Å². The molecule has 72 valence electrons. The monoisotopic (exact) mass is 170 g/mol. The lowest BCUT2D eigenvalue weighted by atomic mass is 9.95. The average molecular weight is 170 g/mol. The quantitative estimate of drug-likeness (QED) is 0.535. The van der Waals surface area contributed by atoms with E-state index in [4.69, 9.17) is 0 Å². The molecule has 0 aromatic heterocycles. The van der Waals surface area contributed by atoms with Crippen LogP contribution in [-0.4, -0.2) is 6.29 Å². The Kier molecular flexibility index (Phi) is 7.12. The molecule has 1 heteroatoms. The molecule has 0 heterocycles. The van der Waals surface area contributed by atoms with E-state index >= 15 is 0 Å². The second-order valence-corrected chi connectivity index (χ2v) is 3.94. The van der Waals surface area contributed by atoms with Gasteiger partial charge in [0, 0.05) is 5.92 Å². The zero-order chi connectivity index (χ0) is 9.40. The van der Waals surface area contributed by atoms with E-state index in [2.05, 4.69) is 13.8 Å². The molecule has 0 aliphatic rings. The van der Waals surface area contributed by atoms with Crippen LogP contribution in [0.25, 0.3) is 0 Å².